The zero-order valence-corrected chi connectivity index (χ0v) is 10.1. The van der Waals surface area contributed by atoms with Gasteiger partial charge < -0.3 is 10.6 Å². The maximum Gasteiger partial charge on any atom is 0.418 e. The molecule has 0 saturated carbocycles. The fourth-order valence-corrected chi connectivity index (χ4v) is 2.24. The van der Waals surface area contributed by atoms with Gasteiger partial charge in [-0.05, 0) is 44.5 Å². The number of benzene rings is 1. The summed E-state index contributed by atoms with van der Waals surface area (Å²) in [5, 5.41) is 6.28. The second-order valence-corrected chi connectivity index (χ2v) is 4.57. The predicted octanol–water partition coefficient (Wildman–Crippen LogP) is 3.26. The van der Waals surface area contributed by atoms with Gasteiger partial charge in [-0.1, -0.05) is 12.1 Å². The van der Waals surface area contributed by atoms with Crippen LogP contribution in [0.4, 0.5) is 18.9 Å². The van der Waals surface area contributed by atoms with Gasteiger partial charge in [0.1, 0.15) is 0 Å². The summed E-state index contributed by atoms with van der Waals surface area (Å²) in [4.78, 5) is 0. The van der Waals surface area contributed by atoms with Crippen molar-refractivity contribution in [3.63, 3.8) is 0 Å². The standard InChI is InChI=1S/C13H17F3N2/c14-13(15,16)11-5-1-2-6-12(11)18-10-4-3-8-17-9-7-10/h1-2,5-6,10,17-18H,3-4,7-9H2. The summed E-state index contributed by atoms with van der Waals surface area (Å²) in [5.74, 6) is 0. The van der Waals surface area contributed by atoms with E-state index in [0.717, 1.165) is 38.4 Å². The van der Waals surface area contributed by atoms with E-state index in [0.29, 0.717) is 0 Å². The van der Waals surface area contributed by atoms with Crippen molar-refractivity contribution in [3.8, 4) is 0 Å². The first kappa shape index (κ1) is 13.2. The summed E-state index contributed by atoms with van der Waals surface area (Å²) in [7, 11) is 0. The molecule has 2 rings (SSSR count). The van der Waals surface area contributed by atoms with E-state index in [9.17, 15) is 13.2 Å². The largest absolute Gasteiger partial charge is 0.418 e. The van der Waals surface area contributed by atoms with Gasteiger partial charge in [-0.3, -0.25) is 0 Å². The molecule has 1 saturated heterocycles. The zero-order valence-electron chi connectivity index (χ0n) is 10.1. The lowest BCUT2D eigenvalue weighted by atomic mass is 10.1. The summed E-state index contributed by atoms with van der Waals surface area (Å²) in [6.45, 7) is 1.80. The lowest BCUT2D eigenvalue weighted by molar-refractivity contribution is -0.137. The molecule has 0 spiro atoms. The number of rotatable bonds is 2. The van der Waals surface area contributed by atoms with E-state index >= 15 is 0 Å². The molecule has 0 aromatic heterocycles. The molecule has 0 bridgehead atoms. The molecule has 1 atom stereocenters. The second kappa shape index (κ2) is 5.61. The Hall–Kier alpha value is -1.23. The van der Waals surface area contributed by atoms with Gasteiger partial charge in [-0.15, -0.1) is 0 Å². The Labute approximate surface area is 105 Å². The highest BCUT2D eigenvalue weighted by Crippen LogP contribution is 2.35. The predicted molar refractivity (Wildman–Crippen MR) is 65.6 cm³/mol. The molecule has 1 heterocycles. The first-order chi connectivity index (χ1) is 8.57. The number of para-hydroxylation sites is 1. The summed E-state index contributed by atoms with van der Waals surface area (Å²) in [6, 6.07) is 5.79. The van der Waals surface area contributed by atoms with E-state index < -0.39 is 11.7 Å². The van der Waals surface area contributed by atoms with Gasteiger partial charge in [-0.25, -0.2) is 0 Å². The van der Waals surface area contributed by atoms with Gasteiger partial charge in [0.05, 0.1) is 5.56 Å². The summed E-state index contributed by atoms with van der Waals surface area (Å²) < 4.78 is 38.5. The Balaban J connectivity index is 2.13. The topological polar surface area (TPSA) is 24.1 Å². The van der Waals surface area contributed by atoms with Gasteiger partial charge in [0.15, 0.2) is 0 Å². The third kappa shape index (κ3) is 3.38. The van der Waals surface area contributed by atoms with Crippen LogP contribution < -0.4 is 10.6 Å². The third-order valence-corrected chi connectivity index (χ3v) is 3.17. The van der Waals surface area contributed by atoms with E-state index in [-0.39, 0.29) is 11.7 Å². The van der Waals surface area contributed by atoms with Crippen LogP contribution in [0.3, 0.4) is 0 Å². The Kier molecular flexibility index (Phi) is 4.11. The van der Waals surface area contributed by atoms with Crippen LogP contribution in [-0.2, 0) is 6.18 Å². The summed E-state index contributed by atoms with van der Waals surface area (Å²) in [6.07, 6.45) is -1.55. The quantitative estimate of drug-likeness (QED) is 0.850. The Morgan fingerprint density at radius 2 is 1.89 bits per heavy atom. The van der Waals surface area contributed by atoms with Crippen LogP contribution >= 0.6 is 0 Å². The fraction of sp³-hybridized carbons (Fsp3) is 0.538. The molecule has 1 aliphatic rings. The van der Waals surface area contributed by atoms with E-state index in [1.54, 1.807) is 6.07 Å². The van der Waals surface area contributed by atoms with Crippen LogP contribution in [0.2, 0.25) is 0 Å². The average Bonchev–Trinajstić information content (AvgIpc) is 2.57. The van der Waals surface area contributed by atoms with E-state index in [4.69, 9.17) is 0 Å². The van der Waals surface area contributed by atoms with Gasteiger partial charge in [0, 0.05) is 11.7 Å². The first-order valence-corrected chi connectivity index (χ1v) is 6.21. The van der Waals surface area contributed by atoms with Gasteiger partial charge in [-0.2, -0.15) is 13.2 Å². The molecule has 5 heteroatoms. The molecule has 1 unspecified atom stereocenters. The van der Waals surface area contributed by atoms with Crippen molar-refractivity contribution in [2.24, 2.45) is 0 Å². The van der Waals surface area contributed by atoms with Crippen molar-refractivity contribution >= 4 is 5.69 Å². The van der Waals surface area contributed by atoms with Crippen LogP contribution in [0.1, 0.15) is 24.8 Å². The zero-order chi connectivity index (χ0) is 13.0. The lowest BCUT2D eigenvalue weighted by Crippen LogP contribution is -2.23. The Morgan fingerprint density at radius 1 is 1.11 bits per heavy atom. The van der Waals surface area contributed by atoms with Crippen molar-refractivity contribution in [3.05, 3.63) is 29.8 Å². The number of hydrogen-bond donors (Lipinski definition) is 2. The normalized spacial score (nSPS) is 21.4. The Morgan fingerprint density at radius 3 is 2.67 bits per heavy atom. The number of hydrogen-bond acceptors (Lipinski definition) is 2. The number of nitrogens with one attached hydrogen (secondary N) is 2. The molecule has 2 nitrogen and oxygen atoms in total. The highest BCUT2D eigenvalue weighted by Gasteiger charge is 2.33. The monoisotopic (exact) mass is 258 g/mol. The number of alkyl halides is 3. The van der Waals surface area contributed by atoms with E-state index in [1.807, 2.05) is 0 Å². The van der Waals surface area contributed by atoms with Crippen molar-refractivity contribution in [1.82, 2.24) is 5.32 Å². The van der Waals surface area contributed by atoms with Crippen LogP contribution in [0.5, 0.6) is 0 Å². The molecule has 1 fully saturated rings. The second-order valence-electron chi connectivity index (χ2n) is 4.57. The highest BCUT2D eigenvalue weighted by atomic mass is 19.4. The molecule has 0 amide bonds. The van der Waals surface area contributed by atoms with Crippen LogP contribution in [-0.4, -0.2) is 19.1 Å². The minimum atomic E-state index is -4.30. The summed E-state index contributed by atoms with van der Waals surface area (Å²) >= 11 is 0. The first-order valence-electron chi connectivity index (χ1n) is 6.21. The van der Waals surface area contributed by atoms with E-state index in [2.05, 4.69) is 10.6 Å². The number of halogens is 3. The maximum atomic E-state index is 12.8. The molecular weight excluding hydrogens is 241 g/mol. The lowest BCUT2D eigenvalue weighted by Gasteiger charge is -2.20. The molecule has 2 N–H and O–H groups in total. The Bertz CT molecular complexity index is 382. The van der Waals surface area contributed by atoms with Gasteiger partial charge in [0.2, 0.25) is 0 Å². The average molecular weight is 258 g/mol. The molecule has 1 aromatic carbocycles. The van der Waals surface area contributed by atoms with Crippen molar-refractivity contribution in [2.45, 2.75) is 31.5 Å². The van der Waals surface area contributed by atoms with Crippen LogP contribution in [0, 0.1) is 0 Å². The molecule has 100 valence electrons. The number of anilines is 1. The van der Waals surface area contributed by atoms with Crippen LogP contribution in [0.25, 0.3) is 0 Å². The smallest absolute Gasteiger partial charge is 0.382 e. The van der Waals surface area contributed by atoms with Crippen molar-refractivity contribution in [1.29, 1.82) is 0 Å². The SMILES string of the molecule is FC(F)(F)c1ccccc1NC1CCCNCC1. The minimum absolute atomic E-state index is 0.114. The van der Waals surface area contributed by atoms with E-state index in [1.165, 1.54) is 12.1 Å². The summed E-state index contributed by atoms with van der Waals surface area (Å²) in [5.41, 5.74) is -0.390. The molecule has 1 aromatic rings. The van der Waals surface area contributed by atoms with Crippen molar-refractivity contribution < 1.29 is 13.2 Å². The van der Waals surface area contributed by atoms with Crippen LogP contribution in [0.15, 0.2) is 24.3 Å². The molecular formula is C13H17F3N2. The minimum Gasteiger partial charge on any atom is -0.382 e. The molecule has 0 radical (unpaired) electrons. The third-order valence-electron chi connectivity index (χ3n) is 3.17. The molecule has 0 aliphatic carbocycles. The molecule has 18 heavy (non-hydrogen) atoms. The van der Waals surface area contributed by atoms with Gasteiger partial charge in [0.25, 0.3) is 0 Å². The highest BCUT2D eigenvalue weighted by molar-refractivity contribution is 5.53. The van der Waals surface area contributed by atoms with Gasteiger partial charge >= 0.3 is 6.18 Å². The fourth-order valence-electron chi connectivity index (χ4n) is 2.24. The molecule has 1 aliphatic heterocycles. The van der Waals surface area contributed by atoms with Crippen molar-refractivity contribution in [2.75, 3.05) is 18.4 Å². The maximum absolute atomic E-state index is 12.8.